The first-order chi connectivity index (χ1) is 9.69. The van der Waals surface area contributed by atoms with Gasteiger partial charge in [0.1, 0.15) is 11.3 Å². The van der Waals surface area contributed by atoms with Gasteiger partial charge in [-0.15, -0.1) is 0 Å². The molecule has 0 spiro atoms. The van der Waals surface area contributed by atoms with Gasteiger partial charge in [-0.2, -0.15) is 0 Å². The van der Waals surface area contributed by atoms with Gasteiger partial charge in [0, 0.05) is 15.4 Å². The highest BCUT2D eigenvalue weighted by Gasteiger charge is 2.19. The number of hydrogen-bond donors (Lipinski definition) is 1. The van der Waals surface area contributed by atoms with Crippen molar-refractivity contribution in [2.45, 2.75) is 6.04 Å². The zero-order valence-electron chi connectivity index (χ0n) is 10.9. The maximum Gasteiger partial charge on any atom is 0.134 e. The largest absolute Gasteiger partial charge is 0.459 e. The van der Waals surface area contributed by atoms with Crippen LogP contribution in [0.3, 0.4) is 0 Å². The van der Waals surface area contributed by atoms with Crippen LogP contribution in [0.25, 0.3) is 11.0 Å². The summed E-state index contributed by atoms with van der Waals surface area (Å²) in [5.74, 6) is 0.817. The van der Waals surface area contributed by atoms with E-state index in [2.05, 4.69) is 5.32 Å². The Morgan fingerprint density at radius 1 is 1.05 bits per heavy atom. The number of hydrogen-bond acceptors (Lipinski definition) is 2. The predicted molar refractivity (Wildman–Crippen MR) is 83.6 cm³/mol. The molecule has 0 aliphatic carbocycles. The van der Waals surface area contributed by atoms with E-state index in [4.69, 9.17) is 27.6 Å². The minimum Gasteiger partial charge on any atom is -0.459 e. The highest BCUT2D eigenvalue weighted by Crippen LogP contribution is 2.32. The van der Waals surface area contributed by atoms with Crippen LogP contribution in [0.5, 0.6) is 0 Å². The molecule has 1 heterocycles. The minimum absolute atomic E-state index is 0.0881. The Bertz CT molecular complexity index is 751. The third kappa shape index (κ3) is 2.42. The lowest BCUT2D eigenvalue weighted by atomic mass is 10.0. The zero-order valence-corrected chi connectivity index (χ0v) is 12.4. The smallest absolute Gasteiger partial charge is 0.134 e. The van der Waals surface area contributed by atoms with E-state index in [-0.39, 0.29) is 6.04 Å². The zero-order chi connectivity index (χ0) is 14.1. The first kappa shape index (κ1) is 13.5. The molecule has 1 N–H and O–H groups in total. The molecule has 102 valence electrons. The highest BCUT2D eigenvalue weighted by atomic mass is 35.5. The van der Waals surface area contributed by atoms with Gasteiger partial charge in [-0.05, 0) is 42.9 Å². The van der Waals surface area contributed by atoms with Crippen LogP contribution < -0.4 is 5.32 Å². The van der Waals surface area contributed by atoms with Crippen molar-refractivity contribution in [1.29, 1.82) is 0 Å². The van der Waals surface area contributed by atoms with Crippen molar-refractivity contribution in [3.63, 3.8) is 0 Å². The van der Waals surface area contributed by atoms with E-state index in [0.29, 0.717) is 10.0 Å². The van der Waals surface area contributed by atoms with Gasteiger partial charge in [0.05, 0.1) is 6.04 Å². The summed E-state index contributed by atoms with van der Waals surface area (Å²) in [6.07, 6.45) is 0. The SMILES string of the molecule is CNC(c1cc2cc(Cl)ccc2o1)c1ccccc1Cl. The van der Waals surface area contributed by atoms with Crippen LogP contribution in [0.4, 0.5) is 0 Å². The fraction of sp³-hybridized carbons (Fsp3) is 0.125. The molecule has 1 atom stereocenters. The maximum atomic E-state index is 6.27. The van der Waals surface area contributed by atoms with Crippen LogP contribution in [-0.2, 0) is 0 Å². The summed E-state index contributed by atoms with van der Waals surface area (Å²) in [5.41, 5.74) is 1.80. The molecule has 1 aromatic heterocycles. The summed E-state index contributed by atoms with van der Waals surface area (Å²) in [6.45, 7) is 0. The Morgan fingerprint density at radius 2 is 1.85 bits per heavy atom. The highest BCUT2D eigenvalue weighted by molar-refractivity contribution is 6.31. The first-order valence-electron chi connectivity index (χ1n) is 6.29. The molecule has 3 aromatic rings. The third-order valence-electron chi connectivity index (χ3n) is 3.29. The molecular formula is C16H13Cl2NO. The summed E-state index contributed by atoms with van der Waals surface area (Å²) >= 11 is 12.3. The Balaban J connectivity index is 2.10. The monoisotopic (exact) mass is 305 g/mol. The molecule has 3 rings (SSSR count). The normalized spacial score (nSPS) is 12.8. The van der Waals surface area contributed by atoms with Gasteiger partial charge in [0.25, 0.3) is 0 Å². The van der Waals surface area contributed by atoms with Gasteiger partial charge >= 0.3 is 0 Å². The Morgan fingerprint density at radius 3 is 2.60 bits per heavy atom. The topological polar surface area (TPSA) is 25.2 Å². The molecule has 0 amide bonds. The number of halogens is 2. The van der Waals surface area contributed by atoms with Crippen molar-refractivity contribution in [2.24, 2.45) is 0 Å². The van der Waals surface area contributed by atoms with Crippen molar-refractivity contribution >= 4 is 34.2 Å². The fourth-order valence-electron chi connectivity index (χ4n) is 2.34. The summed E-state index contributed by atoms with van der Waals surface area (Å²) in [4.78, 5) is 0. The van der Waals surface area contributed by atoms with Gasteiger partial charge in [-0.3, -0.25) is 0 Å². The van der Waals surface area contributed by atoms with Gasteiger partial charge < -0.3 is 9.73 Å². The number of fused-ring (bicyclic) bond motifs is 1. The van der Waals surface area contributed by atoms with Gasteiger partial charge in [0.2, 0.25) is 0 Å². The molecule has 0 saturated carbocycles. The van der Waals surface area contributed by atoms with Crippen molar-refractivity contribution in [3.8, 4) is 0 Å². The summed E-state index contributed by atoms with van der Waals surface area (Å²) in [5, 5.41) is 5.64. The standard InChI is InChI=1S/C16H13Cl2NO/c1-19-16(12-4-2-3-5-13(12)18)15-9-10-8-11(17)6-7-14(10)20-15/h2-9,16,19H,1H3. The second-order valence-electron chi connectivity index (χ2n) is 4.57. The molecule has 0 radical (unpaired) electrons. The van der Waals surface area contributed by atoms with Crippen molar-refractivity contribution in [1.82, 2.24) is 5.32 Å². The van der Waals surface area contributed by atoms with E-state index in [0.717, 1.165) is 22.3 Å². The number of nitrogens with one attached hydrogen (secondary N) is 1. The van der Waals surface area contributed by atoms with Crippen molar-refractivity contribution in [2.75, 3.05) is 7.05 Å². The predicted octanol–water partition coefficient (Wildman–Crippen LogP) is 5.05. The van der Waals surface area contributed by atoms with E-state index < -0.39 is 0 Å². The molecule has 0 saturated heterocycles. The van der Waals surface area contributed by atoms with E-state index in [1.54, 1.807) is 0 Å². The fourth-order valence-corrected chi connectivity index (χ4v) is 2.76. The van der Waals surface area contributed by atoms with Crippen LogP contribution in [0.1, 0.15) is 17.4 Å². The van der Waals surface area contributed by atoms with E-state index in [1.165, 1.54) is 0 Å². The molecule has 0 aliphatic rings. The average Bonchev–Trinajstić information content (AvgIpc) is 2.84. The molecule has 4 heteroatoms. The lowest BCUT2D eigenvalue weighted by molar-refractivity contribution is 0.492. The Hall–Kier alpha value is -1.48. The Labute approximate surface area is 127 Å². The van der Waals surface area contributed by atoms with Crippen molar-refractivity contribution < 1.29 is 4.42 Å². The molecule has 0 fully saturated rings. The summed E-state index contributed by atoms with van der Waals surface area (Å²) in [6, 6.07) is 15.2. The maximum absolute atomic E-state index is 6.27. The van der Waals surface area contributed by atoms with Gasteiger partial charge in [-0.25, -0.2) is 0 Å². The van der Waals surface area contributed by atoms with E-state index >= 15 is 0 Å². The second-order valence-corrected chi connectivity index (χ2v) is 5.42. The first-order valence-corrected chi connectivity index (χ1v) is 7.05. The van der Waals surface area contributed by atoms with Crippen molar-refractivity contribution in [3.05, 3.63) is 69.9 Å². The van der Waals surface area contributed by atoms with Gasteiger partial charge in [-0.1, -0.05) is 41.4 Å². The van der Waals surface area contributed by atoms with Crippen LogP contribution in [-0.4, -0.2) is 7.05 Å². The molecular weight excluding hydrogens is 293 g/mol. The molecule has 1 unspecified atom stereocenters. The molecule has 2 nitrogen and oxygen atoms in total. The van der Waals surface area contributed by atoms with E-state index in [1.807, 2.05) is 55.6 Å². The summed E-state index contributed by atoms with van der Waals surface area (Å²) in [7, 11) is 1.88. The van der Waals surface area contributed by atoms with Crippen LogP contribution in [0.2, 0.25) is 10.0 Å². The average molecular weight is 306 g/mol. The van der Waals surface area contributed by atoms with Crippen LogP contribution in [0.15, 0.2) is 52.9 Å². The van der Waals surface area contributed by atoms with Crippen LogP contribution >= 0.6 is 23.2 Å². The number of furan rings is 1. The quantitative estimate of drug-likeness (QED) is 0.732. The lowest BCUT2D eigenvalue weighted by Gasteiger charge is -2.15. The molecule has 0 bridgehead atoms. The number of benzene rings is 2. The Kier molecular flexibility index (Phi) is 3.70. The molecule has 0 aliphatic heterocycles. The van der Waals surface area contributed by atoms with Gasteiger partial charge in [0.15, 0.2) is 0 Å². The lowest BCUT2D eigenvalue weighted by Crippen LogP contribution is -2.17. The third-order valence-corrected chi connectivity index (χ3v) is 3.87. The van der Waals surface area contributed by atoms with Crippen LogP contribution in [0, 0.1) is 0 Å². The molecule has 2 aromatic carbocycles. The minimum atomic E-state index is -0.0881. The van der Waals surface area contributed by atoms with E-state index in [9.17, 15) is 0 Å². The number of rotatable bonds is 3. The summed E-state index contributed by atoms with van der Waals surface area (Å²) < 4.78 is 5.91. The molecule has 20 heavy (non-hydrogen) atoms. The second kappa shape index (κ2) is 5.49.